The molecule has 0 unspecified atom stereocenters. The van der Waals surface area contributed by atoms with E-state index in [0.717, 1.165) is 5.56 Å². The predicted molar refractivity (Wildman–Crippen MR) is 61.3 cm³/mol. The van der Waals surface area contributed by atoms with Crippen molar-refractivity contribution in [3.8, 4) is 0 Å². The normalized spacial score (nSPS) is 10.6. The first-order chi connectivity index (χ1) is 7.49. The lowest BCUT2D eigenvalue weighted by molar-refractivity contribution is 0.0695. The standard InChI is InChI=1S/C11H8ClNO3/c1-5-2-6(12)3-9-7(5)4-8(11(15)16)10(14)13-9/h2-4H,1H3,(H,13,14)(H,15,16). The number of aromatic amines is 1. The molecule has 16 heavy (non-hydrogen) atoms. The molecule has 1 aromatic heterocycles. The zero-order chi connectivity index (χ0) is 11.9. The van der Waals surface area contributed by atoms with E-state index in [1.807, 2.05) is 0 Å². The van der Waals surface area contributed by atoms with Crippen molar-refractivity contribution >= 4 is 28.5 Å². The summed E-state index contributed by atoms with van der Waals surface area (Å²) in [7, 11) is 0. The molecule has 0 atom stereocenters. The van der Waals surface area contributed by atoms with Gasteiger partial charge in [-0.05, 0) is 30.7 Å². The number of aryl methyl sites for hydroxylation is 1. The summed E-state index contributed by atoms with van der Waals surface area (Å²) in [6, 6.07) is 4.67. The summed E-state index contributed by atoms with van der Waals surface area (Å²) in [5, 5.41) is 10.0. The molecule has 2 aromatic rings. The molecule has 1 heterocycles. The second-order valence-corrected chi connectivity index (χ2v) is 3.94. The smallest absolute Gasteiger partial charge is 0.341 e. The average Bonchev–Trinajstić information content (AvgIpc) is 2.15. The van der Waals surface area contributed by atoms with E-state index < -0.39 is 11.5 Å². The van der Waals surface area contributed by atoms with Gasteiger partial charge in [-0.15, -0.1) is 0 Å². The van der Waals surface area contributed by atoms with E-state index in [-0.39, 0.29) is 5.56 Å². The van der Waals surface area contributed by atoms with Gasteiger partial charge in [0.1, 0.15) is 5.56 Å². The topological polar surface area (TPSA) is 70.2 Å². The van der Waals surface area contributed by atoms with Crippen LogP contribution in [0.3, 0.4) is 0 Å². The Hall–Kier alpha value is -1.81. The summed E-state index contributed by atoms with van der Waals surface area (Å²) >= 11 is 5.84. The Bertz CT molecular complexity index is 645. The van der Waals surface area contributed by atoms with E-state index in [2.05, 4.69) is 4.98 Å². The SMILES string of the molecule is Cc1cc(Cl)cc2[nH]c(=O)c(C(=O)O)cc12. The van der Waals surface area contributed by atoms with Gasteiger partial charge in [-0.25, -0.2) is 4.79 Å². The lowest BCUT2D eigenvalue weighted by Crippen LogP contribution is -2.17. The summed E-state index contributed by atoms with van der Waals surface area (Å²) in [5.41, 5.74) is 0.473. The Labute approximate surface area is 95.5 Å². The van der Waals surface area contributed by atoms with Gasteiger partial charge in [0.2, 0.25) is 0 Å². The highest BCUT2D eigenvalue weighted by atomic mass is 35.5. The first-order valence-electron chi connectivity index (χ1n) is 4.55. The first kappa shape index (κ1) is 10.7. The molecular weight excluding hydrogens is 230 g/mol. The molecule has 0 amide bonds. The van der Waals surface area contributed by atoms with Gasteiger partial charge >= 0.3 is 5.97 Å². The summed E-state index contributed by atoms with van der Waals surface area (Å²) < 4.78 is 0. The fourth-order valence-electron chi connectivity index (χ4n) is 1.61. The van der Waals surface area contributed by atoms with Crippen LogP contribution >= 0.6 is 11.6 Å². The highest BCUT2D eigenvalue weighted by Gasteiger charge is 2.11. The van der Waals surface area contributed by atoms with Gasteiger partial charge in [-0.2, -0.15) is 0 Å². The number of aromatic nitrogens is 1. The van der Waals surface area contributed by atoms with E-state index in [4.69, 9.17) is 16.7 Å². The number of benzene rings is 1. The van der Waals surface area contributed by atoms with Crippen LogP contribution in [0.5, 0.6) is 0 Å². The van der Waals surface area contributed by atoms with Gasteiger partial charge < -0.3 is 10.1 Å². The van der Waals surface area contributed by atoms with E-state index in [9.17, 15) is 9.59 Å². The summed E-state index contributed by atoms with van der Waals surface area (Å²) in [6.07, 6.45) is 0. The number of H-pyrrole nitrogens is 1. The lowest BCUT2D eigenvalue weighted by atomic mass is 10.1. The van der Waals surface area contributed by atoms with Gasteiger partial charge in [-0.1, -0.05) is 11.6 Å². The molecule has 0 radical (unpaired) electrons. The van der Waals surface area contributed by atoms with Crippen molar-refractivity contribution in [2.24, 2.45) is 0 Å². The molecule has 0 aliphatic carbocycles. The van der Waals surface area contributed by atoms with E-state index >= 15 is 0 Å². The molecule has 0 saturated heterocycles. The molecule has 0 bridgehead atoms. The quantitative estimate of drug-likeness (QED) is 0.799. The molecule has 4 nitrogen and oxygen atoms in total. The number of carboxylic acid groups (broad SMARTS) is 1. The third-order valence-corrected chi connectivity index (χ3v) is 2.58. The van der Waals surface area contributed by atoms with Gasteiger partial charge in [0, 0.05) is 10.4 Å². The van der Waals surface area contributed by atoms with Crippen molar-refractivity contribution < 1.29 is 9.90 Å². The highest BCUT2D eigenvalue weighted by Crippen LogP contribution is 2.21. The fourth-order valence-corrected chi connectivity index (χ4v) is 1.88. The van der Waals surface area contributed by atoms with Crippen molar-refractivity contribution in [3.63, 3.8) is 0 Å². The van der Waals surface area contributed by atoms with Crippen molar-refractivity contribution in [1.82, 2.24) is 4.98 Å². The summed E-state index contributed by atoms with van der Waals surface area (Å²) in [4.78, 5) is 24.7. The molecule has 2 N–H and O–H groups in total. The first-order valence-corrected chi connectivity index (χ1v) is 4.93. The Kier molecular flexibility index (Phi) is 2.44. The molecule has 2 rings (SSSR count). The number of rotatable bonds is 1. The number of carboxylic acids is 1. The number of fused-ring (bicyclic) bond motifs is 1. The van der Waals surface area contributed by atoms with E-state index in [1.54, 1.807) is 19.1 Å². The largest absolute Gasteiger partial charge is 0.477 e. The molecule has 0 fully saturated rings. The van der Waals surface area contributed by atoms with Crippen LogP contribution in [0.2, 0.25) is 5.02 Å². The van der Waals surface area contributed by atoms with Crippen molar-refractivity contribution in [3.05, 3.63) is 44.7 Å². The van der Waals surface area contributed by atoms with Gasteiger partial charge in [0.25, 0.3) is 5.56 Å². The summed E-state index contributed by atoms with van der Waals surface area (Å²) in [6.45, 7) is 1.80. The third kappa shape index (κ3) is 1.67. The van der Waals surface area contributed by atoms with E-state index in [1.165, 1.54) is 6.07 Å². The van der Waals surface area contributed by atoms with Gasteiger partial charge in [0.05, 0.1) is 5.52 Å². The maximum atomic E-state index is 11.4. The van der Waals surface area contributed by atoms with Crippen molar-refractivity contribution in [1.29, 1.82) is 0 Å². The molecule has 82 valence electrons. The van der Waals surface area contributed by atoms with Crippen LogP contribution < -0.4 is 5.56 Å². The van der Waals surface area contributed by atoms with Crippen LogP contribution in [0, 0.1) is 6.92 Å². The maximum Gasteiger partial charge on any atom is 0.341 e. The van der Waals surface area contributed by atoms with Crippen molar-refractivity contribution in [2.45, 2.75) is 6.92 Å². The molecule has 1 aromatic carbocycles. The van der Waals surface area contributed by atoms with Crippen LogP contribution in [0.15, 0.2) is 23.0 Å². The van der Waals surface area contributed by atoms with Gasteiger partial charge in [0.15, 0.2) is 0 Å². The van der Waals surface area contributed by atoms with Crippen molar-refractivity contribution in [2.75, 3.05) is 0 Å². The number of nitrogens with one attached hydrogen (secondary N) is 1. The monoisotopic (exact) mass is 237 g/mol. The van der Waals surface area contributed by atoms with E-state index in [0.29, 0.717) is 15.9 Å². The zero-order valence-electron chi connectivity index (χ0n) is 8.37. The Morgan fingerprint density at radius 3 is 2.69 bits per heavy atom. The highest BCUT2D eigenvalue weighted by molar-refractivity contribution is 6.31. The zero-order valence-corrected chi connectivity index (χ0v) is 9.13. The number of hydrogen-bond donors (Lipinski definition) is 2. The van der Waals surface area contributed by atoms with Crippen LogP contribution in [-0.4, -0.2) is 16.1 Å². The molecule has 0 aliphatic heterocycles. The second kappa shape index (κ2) is 3.64. The van der Waals surface area contributed by atoms with Crippen LogP contribution in [0.25, 0.3) is 10.9 Å². The number of carbonyl (C=O) groups is 1. The van der Waals surface area contributed by atoms with Gasteiger partial charge in [-0.3, -0.25) is 4.79 Å². The number of pyridine rings is 1. The Morgan fingerprint density at radius 1 is 1.38 bits per heavy atom. The number of halogens is 1. The second-order valence-electron chi connectivity index (χ2n) is 3.50. The van der Waals surface area contributed by atoms with Crippen LogP contribution in [0.4, 0.5) is 0 Å². The minimum atomic E-state index is -1.24. The lowest BCUT2D eigenvalue weighted by Gasteiger charge is -2.04. The fraction of sp³-hybridized carbons (Fsp3) is 0.0909. The minimum absolute atomic E-state index is 0.266. The average molecular weight is 238 g/mol. The maximum absolute atomic E-state index is 11.4. The number of hydrogen-bond acceptors (Lipinski definition) is 2. The molecule has 0 spiro atoms. The Morgan fingerprint density at radius 2 is 2.06 bits per heavy atom. The molecule has 0 aliphatic rings. The molecule has 0 saturated carbocycles. The predicted octanol–water partition coefficient (Wildman–Crippen LogP) is 2.19. The Balaban J connectivity index is 2.90. The van der Waals surface area contributed by atoms with Crippen LogP contribution in [0.1, 0.15) is 15.9 Å². The minimum Gasteiger partial charge on any atom is -0.477 e. The molecular formula is C11H8ClNO3. The summed E-state index contributed by atoms with van der Waals surface area (Å²) in [5.74, 6) is -1.24. The van der Waals surface area contributed by atoms with Crippen LogP contribution in [-0.2, 0) is 0 Å². The molecule has 5 heteroatoms. The number of aromatic carboxylic acids is 1. The third-order valence-electron chi connectivity index (χ3n) is 2.36.